The molecule has 4 N–H and O–H groups in total. The third-order valence-electron chi connectivity index (χ3n) is 4.54. The van der Waals surface area contributed by atoms with Crippen molar-refractivity contribution in [1.29, 1.82) is 0 Å². The molecule has 0 aliphatic carbocycles. The van der Waals surface area contributed by atoms with E-state index in [0.29, 0.717) is 22.4 Å². The molecule has 0 aliphatic rings. The molecular weight excluding hydrogens is 462 g/mol. The van der Waals surface area contributed by atoms with E-state index >= 15 is 0 Å². The highest BCUT2D eigenvalue weighted by atomic mass is 32.2. The van der Waals surface area contributed by atoms with Gasteiger partial charge in [-0.3, -0.25) is 19.1 Å². The predicted octanol–water partition coefficient (Wildman–Crippen LogP) is 2.15. The summed E-state index contributed by atoms with van der Waals surface area (Å²) < 4.78 is 1.87. The van der Waals surface area contributed by atoms with E-state index < -0.39 is 11.2 Å². The Hall–Kier alpha value is -3.38. The number of H-pyrrole nitrogens is 1. The Balaban J connectivity index is 1.84. The molecule has 174 valence electrons. The molecule has 10 nitrogen and oxygen atoms in total. The molecule has 1 aromatic carbocycles. The fourth-order valence-electron chi connectivity index (χ4n) is 3.05. The third-order valence-corrected chi connectivity index (χ3v) is 6.54. The minimum Gasteiger partial charge on any atom is -0.383 e. The van der Waals surface area contributed by atoms with Crippen molar-refractivity contribution in [2.45, 2.75) is 24.2 Å². The summed E-state index contributed by atoms with van der Waals surface area (Å²) in [5.41, 5.74) is 5.76. The predicted molar refractivity (Wildman–Crippen MR) is 133 cm³/mol. The minimum atomic E-state index is -0.694. The number of aromatic amines is 1. The standard InChI is InChI=1S/C21H25N7O3S2/c1-3-10-23-19-25-26-21(33-19)32-13-15(29)27(11-4-2)16-17(22)28(20(31)24-18(16)30)12-14-8-6-5-7-9-14/h3,5-9H,1,4,10-13,22H2,2H3,(H,23,25)(H,24,30,31). The summed E-state index contributed by atoms with van der Waals surface area (Å²) in [5, 5.41) is 11.7. The van der Waals surface area contributed by atoms with Crippen LogP contribution in [0.2, 0.25) is 0 Å². The number of nitrogen functional groups attached to an aromatic ring is 1. The third kappa shape index (κ3) is 6.11. The molecule has 0 saturated carbocycles. The van der Waals surface area contributed by atoms with Crippen LogP contribution in [0.1, 0.15) is 18.9 Å². The minimum absolute atomic E-state index is 0.0245. The number of anilines is 3. The number of aromatic nitrogens is 4. The Labute approximate surface area is 198 Å². The number of nitrogens with zero attached hydrogens (tertiary/aromatic N) is 4. The molecule has 0 bridgehead atoms. The maximum absolute atomic E-state index is 13.1. The fraction of sp³-hybridized carbons (Fsp3) is 0.286. The Kier molecular flexibility index (Phi) is 8.44. The van der Waals surface area contributed by atoms with Crippen LogP contribution in [0.5, 0.6) is 0 Å². The van der Waals surface area contributed by atoms with Gasteiger partial charge in [0.25, 0.3) is 5.56 Å². The largest absolute Gasteiger partial charge is 0.383 e. The normalized spacial score (nSPS) is 10.7. The van der Waals surface area contributed by atoms with Gasteiger partial charge < -0.3 is 16.0 Å². The zero-order valence-electron chi connectivity index (χ0n) is 18.1. The average molecular weight is 488 g/mol. The second-order valence-corrected chi connectivity index (χ2v) is 9.14. The number of nitrogens with two attached hydrogens (primary N) is 1. The van der Waals surface area contributed by atoms with Crippen molar-refractivity contribution in [3.63, 3.8) is 0 Å². The lowest BCUT2D eigenvalue weighted by Crippen LogP contribution is -2.42. The molecule has 1 amide bonds. The molecule has 33 heavy (non-hydrogen) atoms. The van der Waals surface area contributed by atoms with Crippen LogP contribution in [0.15, 0.2) is 56.9 Å². The van der Waals surface area contributed by atoms with E-state index in [1.54, 1.807) is 6.08 Å². The number of rotatable bonds is 11. The van der Waals surface area contributed by atoms with Gasteiger partial charge in [-0.05, 0) is 12.0 Å². The van der Waals surface area contributed by atoms with E-state index in [9.17, 15) is 14.4 Å². The molecule has 0 aliphatic heterocycles. The number of amides is 1. The van der Waals surface area contributed by atoms with Gasteiger partial charge in [0.15, 0.2) is 10.0 Å². The first-order chi connectivity index (χ1) is 15.9. The van der Waals surface area contributed by atoms with Crippen LogP contribution in [0.25, 0.3) is 0 Å². The van der Waals surface area contributed by atoms with Crippen molar-refractivity contribution in [3.05, 3.63) is 69.4 Å². The molecule has 0 spiro atoms. The van der Waals surface area contributed by atoms with E-state index in [0.717, 1.165) is 5.56 Å². The summed E-state index contributed by atoms with van der Waals surface area (Å²) in [5.74, 6) is -0.335. The first-order valence-corrected chi connectivity index (χ1v) is 12.0. The van der Waals surface area contributed by atoms with Crippen LogP contribution in [0.3, 0.4) is 0 Å². The number of carbonyl (C=O) groups excluding carboxylic acids is 1. The summed E-state index contributed by atoms with van der Waals surface area (Å²) >= 11 is 2.54. The molecule has 0 fully saturated rings. The fourth-order valence-corrected chi connectivity index (χ4v) is 4.68. The van der Waals surface area contributed by atoms with Gasteiger partial charge in [-0.1, -0.05) is 66.4 Å². The lowest BCUT2D eigenvalue weighted by Gasteiger charge is -2.24. The van der Waals surface area contributed by atoms with Crippen LogP contribution in [0.4, 0.5) is 16.6 Å². The van der Waals surface area contributed by atoms with Gasteiger partial charge in [0.1, 0.15) is 5.82 Å². The smallest absolute Gasteiger partial charge is 0.330 e. The highest BCUT2D eigenvalue weighted by molar-refractivity contribution is 8.01. The maximum Gasteiger partial charge on any atom is 0.330 e. The molecule has 12 heteroatoms. The number of thioether (sulfide) groups is 1. The molecule has 0 saturated heterocycles. The lowest BCUT2D eigenvalue weighted by molar-refractivity contribution is -0.116. The van der Waals surface area contributed by atoms with E-state index in [1.165, 1.54) is 32.6 Å². The Morgan fingerprint density at radius 3 is 2.79 bits per heavy atom. The molecule has 3 aromatic rings. The van der Waals surface area contributed by atoms with E-state index in [2.05, 4.69) is 27.1 Å². The van der Waals surface area contributed by atoms with Gasteiger partial charge in [0, 0.05) is 13.1 Å². The van der Waals surface area contributed by atoms with Gasteiger partial charge in [-0.2, -0.15) is 0 Å². The number of hydrogen-bond acceptors (Lipinski definition) is 9. The van der Waals surface area contributed by atoms with Crippen molar-refractivity contribution in [1.82, 2.24) is 19.7 Å². The quantitative estimate of drug-likeness (QED) is 0.276. The van der Waals surface area contributed by atoms with Crippen LogP contribution in [0, 0.1) is 0 Å². The number of nitrogens with one attached hydrogen (secondary N) is 2. The molecule has 0 radical (unpaired) electrons. The van der Waals surface area contributed by atoms with Crippen molar-refractivity contribution >= 4 is 45.6 Å². The first kappa shape index (κ1) is 24.3. The van der Waals surface area contributed by atoms with E-state index in [-0.39, 0.29) is 36.3 Å². The van der Waals surface area contributed by atoms with Gasteiger partial charge in [0.2, 0.25) is 11.0 Å². The Morgan fingerprint density at radius 1 is 1.33 bits per heavy atom. The molecule has 0 atom stereocenters. The van der Waals surface area contributed by atoms with Gasteiger partial charge >= 0.3 is 5.69 Å². The second kappa shape index (κ2) is 11.5. The van der Waals surface area contributed by atoms with Crippen LogP contribution < -0.4 is 27.2 Å². The summed E-state index contributed by atoms with van der Waals surface area (Å²) in [7, 11) is 0. The monoisotopic (exact) mass is 487 g/mol. The van der Waals surface area contributed by atoms with Gasteiger partial charge in [-0.25, -0.2) is 4.79 Å². The second-order valence-electron chi connectivity index (χ2n) is 6.94. The number of benzene rings is 1. The maximum atomic E-state index is 13.1. The first-order valence-electron chi connectivity index (χ1n) is 10.2. The van der Waals surface area contributed by atoms with Crippen LogP contribution >= 0.6 is 23.1 Å². The zero-order chi connectivity index (χ0) is 23.8. The zero-order valence-corrected chi connectivity index (χ0v) is 19.7. The highest BCUT2D eigenvalue weighted by Gasteiger charge is 2.24. The molecule has 2 aromatic heterocycles. The van der Waals surface area contributed by atoms with E-state index in [4.69, 9.17) is 5.73 Å². The number of carbonyl (C=O) groups is 1. The number of hydrogen-bond donors (Lipinski definition) is 3. The van der Waals surface area contributed by atoms with Crippen molar-refractivity contribution in [2.24, 2.45) is 0 Å². The Bertz CT molecular complexity index is 1220. The van der Waals surface area contributed by atoms with Crippen molar-refractivity contribution in [2.75, 3.05) is 34.8 Å². The average Bonchev–Trinajstić information content (AvgIpc) is 3.26. The molecule has 3 rings (SSSR count). The summed E-state index contributed by atoms with van der Waals surface area (Å²) in [6, 6.07) is 9.26. The molecular formula is C21H25N7O3S2. The van der Waals surface area contributed by atoms with Gasteiger partial charge in [-0.15, -0.1) is 16.8 Å². The molecule has 0 unspecified atom stereocenters. The van der Waals surface area contributed by atoms with E-state index in [1.807, 2.05) is 37.3 Å². The SMILES string of the molecule is C=CCNc1nnc(SCC(=O)N(CCC)c2c(N)n(Cc3ccccc3)c(=O)[nH]c2=O)s1. The Morgan fingerprint density at radius 2 is 2.09 bits per heavy atom. The highest BCUT2D eigenvalue weighted by Crippen LogP contribution is 2.27. The summed E-state index contributed by atoms with van der Waals surface area (Å²) in [6.07, 6.45) is 2.31. The van der Waals surface area contributed by atoms with Crippen LogP contribution in [-0.2, 0) is 11.3 Å². The van der Waals surface area contributed by atoms with Crippen molar-refractivity contribution < 1.29 is 4.79 Å². The van der Waals surface area contributed by atoms with Gasteiger partial charge in [0.05, 0.1) is 12.3 Å². The summed E-state index contributed by atoms with van der Waals surface area (Å²) in [6.45, 7) is 6.53. The van der Waals surface area contributed by atoms with Crippen LogP contribution in [-0.4, -0.2) is 44.5 Å². The molecule has 2 heterocycles. The summed E-state index contributed by atoms with van der Waals surface area (Å²) in [4.78, 5) is 41.8. The van der Waals surface area contributed by atoms with Crippen molar-refractivity contribution in [3.8, 4) is 0 Å². The topological polar surface area (TPSA) is 139 Å². The lowest BCUT2D eigenvalue weighted by atomic mass is 10.2.